The van der Waals surface area contributed by atoms with E-state index >= 15 is 0 Å². The number of aliphatic hydroxyl groups excluding tert-OH is 2. The Morgan fingerprint density at radius 3 is 2.27 bits per heavy atom. The van der Waals surface area contributed by atoms with Crippen LogP contribution in [0.2, 0.25) is 0 Å². The normalized spacial score (nSPS) is 15.3. The highest BCUT2D eigenvalue weighted by Gasteiger charge is 2.20. The van der Waals surface area contributed by atoms with Crippen LogP contribution in [0.1, 0.15) is 118 Å². The van der Waals surface area contributed by atoms with E-state index in [-0.39, 0.29) is 23.6 Å². The lowest BCUT2D eigenvalue weighted by Gasteiger charge is -2.22. The summed E-state index contributed by atoms with van der Waals surface area (Å²) in [4.78, 5) is 23.3. The number of hydrogen-bond donors (Lipinski definition) is 6. The van der Waals surface area contributed by atoms with Crippen molar-refractivity contribution in [3.63, 3.8) is 0 Å². The van der Waals surface area contributed by atoms with Gasteiger partial charge in [-0.2, -0.15) is 5.10 Å². The number of ether oxygens (including phenoxy) is 2. The molecule has 11 heteroatoms. The van der Waals surface area contributed by atoms with Crippen LogP contribution in [0.4, 0.5) is 0 Å². The van der Waals surface area contributed by atoms with Gasteiger partial charge in [0.15, 0.2) is 5.78 Å². The van der Waals surface area contributed by atoms with E-state index in [0.717, 1.165) is 51.6 Å². The highest BCUT2D eigenvalue weighted by molar-refractivity contribution is 6.11. The van der Waals surface area contributed by atoms with Gasteiger partial charge in [0, 0.05) is 54.5 Å². The number of nitrogens with zero attached hydrogens (tertiary/aromatic N) is 1. The van der Waals surface area contributed by atoms with E-state index in [0.29, 0.717) is 65.7 Å². The van der Waals surface area contributed by atoms with Gasteiger partial charge in [-0.15, -0.1) is 0 Å². The third-order valence-electron chi connectivity index (χ3n) is 9.38. The van der Waals surface area contributed by atoms with Gasteiger partial charge < -0.3 is 35.8 Å². The molecule has 0 aliphatic carbocycles. The molecule has 300 valence electrons. The van der Waals surface area contributed by atoms with Crippen LogP contribution in [0.15, 0.2) is 83.7 Å². The third-order valence-corrected chi connectivity index (χ3v) is 9.38. The minimum absolute atomic E-state index is 0.00774. The number of phenols is 1. The lowest BCUT2D eigenvalue weighted by Crippen LogP contribution is -2.40. The number of allylic oxidation sites excluding steroid dienone is 1. The van der Waals surface area contributed by atoms with Crippen molar-refractivity contribution in [2.75, 3.05) is 19.8 Å². The summed E-state index contributed by atoms with van der Waals surface area (Å²) in [5.74, 6) is 1.74. The van der Waals surface area contributed by atoms with Crippen molar-refractivity contribution in [3.8, 4) is 11.5 Å². The van der Waals surface area contributed by atoms with Gasteiger partial charge in [-0.3, -0.25) is 15.0 Å². The number of para-hydroxylation sites is 1. The number of nitrogens with two attached hydrogens (primary N) is 1. The molecule has 0 fully saturated rings. The molecule has 55 heavy (non-hydrogen) atoms. The Morgan fingerprint density at radius 1 is 0.873 bits per heavy atom. The fourth-order valence-corrected chi connectivity index (χ4v) is 6.01. The van der Waals surface area contributed by atoms with Crippen molar-refractivity contribution in [3.05, 3.63) is 106 Å². The Hall–Kier alpha value is -4.55. The van der Waals surface area contributed by atoms with E-state index in [9.17, 15) is 19.8 Å². The molecule has 1 heterocycles. The molecule has 0 radical (unpaired) electrons. The summed E-state index contributed by atoms with van der Waals surface area (Å²) in [6.45, 7) is 11.8. The molecular weight excluding hydrogens is 697 g/mol. The number of unbranched alkanes of at least 4 members (excludes halogenated alkanes) is 2. The first-order chi connectivity index (χ1) is 26.4. The van der Waals surface area contributed by atoms with Crippen LogP contribution in [0.5, 0.6) is 11.5 Å². The van der Waals surface area contributed by atoms with E-state index in [4.69, 9.17) is 20.3 Å². The molecule has 1 aliphatic heterocycles. The summed E-state index contributed by atoms with van der Waals surface area (Å²) in [5, 5.41) is 37.0. The van der Waals surface area contributed by atoms with Crippen molar-refractivity contribution in [1.82, 2.24) is 10.7 Å². The quantitative estimate of drug-likeness (QED) is 0.0468. The highest BCUT2D eigenvalue weighted by atomic mass is 16.5. The average Bonchev–Trinajstić information content (AvgIpc) is 3.18. The molecule has 11 nitrogen and oxygen atoms in total. The number of aliphatic hydroxyl groups is 2. The first kappa shape index (κ1) is 44.8. The number of ketones is 2. The van der Waals surface area contributed by atoms with Crippen molar-refractivity contribution in [1.29, 1.82) is 0 Å². The fourth-order valence-electron chi connectivity index (χ4n) is 6.01. The lowest BCUT2D eigenvalue weighted by atomic mass is 9.97. The smallest absolute Gasteiger partial charge is 0.163 e. The molecule has 0 amide bonds. The predicted octanol–water partition coefficient (Wildman–Crippen LogP) is 6.88. The summed E-state index contributed by atoms with van der Waals surface area (Å²) in [7, 11) is 0. The summed E-state index contributed by atoms with van der Waals surface area (Å²) < 4.78 is 11.9. The monoisotopic (exact) mass is 758 g/mol. The Kier molecular flexibility index (Phi) is 19.6. The molecule has 1 aliphatic rings. The molecular formula is C44H62N4O7. The maximum Gasteiger partial charge on any atom is 0.163 e. The maximum atomic E-state index is 12.3. The van der Waals surface area contributed by atoms with E-state index in [1.54, 1.807) is 44.2 Å². The number of carbonyl (C=O) groups is 2. The summed E-state index contributed by atoms with van der Waals surface area (Å²) in [5.41, 5.74) is 13.6. The van der Waals surface area contributed by atoms with Gasteiger partial charge in [-0.1, -0.05) is 69.3 Å². The Morgan fingerprint density at radius 2 is 1.60 bits per heavy atom. The van der Waals surface area contributed by atoms with Crippen LogP contribution < -0.4 is 21.2 Å². The van der Waals surface area contributed by atoms with Crippen molar-refractivity contribution < 1.29 is 34.4 Å². The molecule has 4 rings (SSSR count). The molecule has 3 aromatic carbocycles. The van der Waals surface area contributed by atoms with Gasteiger partial charge >= 0.3 is 0 Å². The first-order valence-corrected chi connectivity index (χ1v) is 19.6. The number of carbonyl (C=O) groups excluding carboxylic acids is 2. The van der Waals surface area contributed by atoms with Gasteiger partial charge in [0.05, 0.1) is 31.1 Å². The second kappa shape index (κ2) is 24.1. The minimum atomic E-state index is -0.764. The van der Waals surface area contributed by atoms with Crippen LogP contribution in [0.3, 0.4) is 0 Å². The van der Waals surface area contributed by atoms with E-state index in [2.05, 4.69) is 40.1 Å². The number of rotatable bonds is 22. The molecule has 0 saturated heterocycles. The molecule has 3 aromatic rings. The van der Waals surface area contributed by atoms with Crippen LogP contribution >= 0.6 is 0 Å². The molecule has 0 spiro atoms. The molecule has 0 saturated carbocycles. The average molecular weight is 759 g/mol. The zero-order chi connectivity index (χ0) is 40.2. The van der Waals surface area contributed by atoms with E-state index in [1.165, 1.54) is 11.1 Å². The van der Waals surface area contributed by atoms with Crippen molar-refractivity contribution in [2.45, 2.75) is 111 Å². The number of hydrazone groups is 1. The van der Waals surface area contributed by atoms with Crippen molar-refractivity contribution >= 4 is 17.3 Å². The Bertz CT molecular complexity index is 1690. The lowest BCUT2D eigenvalue weighted by molar-refractivity contribution is -0.122. The standard InChI is InChI=1S/C35H44N4O5.C9H18O2/c1-3-30(41)28-11-9-13-32(34(28)24(2)40)43-20-8-4-7-19-37-23-26-16-14-25(15-17-26)18-21-44-33-22-29(38-39-35(33)36)27-10-5-6-12-31(27)42;1-4-9(11)7(2)5-6-8(3)10/h5-6,9-17,22,24,35,37,39-40,42H,3-4,7-8,18-21,23,36H2,1-2H3;7-8,10H,4-6H2,1-3H3. The van der Waals surface area contributed by atoms with Gasteiger partial charge in [0.1, 0.15) is 29.2 Å². The van der Waals surface area contributed by atoms with E-state index in [1.807, 2.05) is 39.0 Å². The van der Waals surface area contributed by atoms with Crippen LogP contribution in [0, 0.1) is 5.92 Å². The van der Waals surface area contributed by atoms with Gasteiger partial charge in [0.2, 0.25) is 0 Å². The number of aromatic hydroxyl groups is 1. The summed E-state index contributed by atoms with van der Waals surface area (Å²) in [6, 6.07) is 20.9. The van der Waals surface area contributed by atoms with E-state index < -0.39 is 12.3 Å². The highest BCUT2D eigenvalue weighted by Crippen LogP contribution is 2.30. The zero-order valence-electron chi connectivity index (χ0n) is 33.2. The largest absolute Gasteiger partial charge is 0.507 e. The molecule has 7 N–H and O–H groups in total. The minimum Gasteiger partial charge on any atom is -0.507 e. The van der Waals surface area contributed by atoms with Gasteiger partial charge in [-0.25, -0.2) is 0 Å². The number of Topliss-reactive ketones (excluding diaryl/α,β-unsaturated/α-hetero) is 2. The zero-order valence-corrected chi connectivity index (χ0v) is 33.2. The topological polar surface area (TPSA) is 176 Å². The maximum absolute atomic E-state index is 12.3. The van der Waals surface area contributed by atoms with Gasteiger partial charge in [-0.05, 0) is 81.8 Å². The molecule has 0 aromatic heterocycles. The number of benzene rings is 3. The SMILES string of the molecule is CCC(=O)C(C)CCC(C)O.CCC(=O)c1cccc(OCCCCCNCc2ccc(CCOC3=CC(c4ccccc4O)=NNC3N)cc2)c1C(C)O. The van der Waals surface area contributed by atoms with Crippen LogP contribution in [0.25, 0.3) is 0 Å². The Labute approximate surface area is 327 Å². The second-order valence-electron chi connectivity index (χ2n) is 14.0. The Balaban J connectivity index is 0.000000641. The number of hydrogen-bond acceptors (Lipinski definition) is 11. The summed E-state index contributed by atoms with van der Waals surface area (Å²) >= 11 is 0. The fraction of sp³-hybridized carbons (Fsp3) is 0.477. The van der Waals surface area contributed by atoms with Crippen molar-refractivity contribution in [2.24, 2.45) is 16.8 Å². The number of nitrogens with one attached hydrogen (secondary N) is 2. The predicted molar refractivity (Wildman–Crippen MR) is 218 cm³/mol. The number of phenolic OH excluding ortho intramolecular Hbond substituents is 1. The molecule has 4 unspecified atom stereocenters. The van der Waals surface area contributed by atoms with Crippen LogP contribution in [-0.2, 0) is 22.5 Å². The van der Waals surface area contributed by atoms with Gasteiger partial charge in [0.25, 0.3) is 0 Å². The third kappa shape index (κ3) is 15.2. The molecule has 4 atom stereocenters. The first-order valence-electron chi connectivity index (χ1n) is 19.6. The second-order valence-corrected chi connectivity index (χ2v) is 14.0. The summed E-state index contributed by atoms with van der Waals surface area (Å²) in [6.07, 6.45) is 6.40. The van der Waals surface area contributed by atoms with Crippen LogP contribution in [-0.4, -0.2) is 64.6 Å². The molecule has 0 bridgehead atoms.